The summed E-state index contributed by atoms with van der Waals surface area (Å²) in [5.41, 5.74) is 2.37. The molecule has 1 amide bonds. The molecule has 0 aliphatic carbocycles. The number of fused-ring (bicyclic) bond motifs is 2. The smallest absolute Gasteiger partial charge is 0.410 e. The highest BCUT2D eigenvalue weighted by molar-refractivity contribution is 5.92. The normalized spacial score (nSPS) is 17.3. The molecule has 2 aliphatic heterocycles. The van der Waals surface area contributed by atoms with Crippen LogP contribution in [0.5, 0.6) is 11.5 Å². The highest BCUT2D eigenvalue weighted by Crippen LogP contribution is 2.32. The first-order chi connectivity index (χ1) is 26.6. The molecule has 2 saturated heterocycles. The molecule has 4 heterocycles. The molecule has 2 atom stereocenters. The van der Waals surface area contributed by atoms with Crippen molar-refractivity contribution >= 4 is 39.5 Å². The Bertz CT molecular complexity index is 2270. The van der Waals surface area contributed by atoms with E-state index in [2.05, 4.69) is 25.9 Å². The lowest BCUT2D eigenvalue weighted by Gasteiger charge is -2.34. The van der Waals surface area contributed by atoms with Crippen molar-refractivity contribution in [2.75, 3.05) is 36.8 Å². The monoisotopic (exact) mass is 740 g/mol. The van der Waals surface area contributed by atoms with E-state index in [0.29, 0.717) is 47.7 Å². The number of phenolic OH excluding ortho intramolecular Hbond substituents is 2. The van der Waals surface area contributed by atoms with Crippen LogP contribution in [-0.4, -0.2) is 85.0 Å². The third-order valence-electron chi connectivity index (χ3n) is 9.55. The molecule has 0 radical (unpaired) electrons. The minimum atomic E-state index is -0.521. The van der Waals surface area contributed by atoms with Crippen molar-refractivity contribution in [3.05, 3.63) is 97.1 Å². The topological polar surface area (TPSA) is 158 Å². The number of amides is 1. The Kier molecular flexibility index (Phi) is 11.2. The van der Waals surface area contributed by atoms with Crippen LogP contribution in [-0.2, 0) is 4.74 Å². The average Bonchev–Trinajstić information content (AvgIpc) is 3.18. The Morgan fingerprint density at radius 2 is 1.22 bits per heavy atom. The van der Waals surface area contributed by atoms with E-state index >= 15 is 0 Å². The fourth-order valence-corrected chi connectivity index (χ4v) is 6.89. The summed E-state index contributed by atoms with van der Waals surface area (Å²) < 4.78 is 5.54. The van der Waals surface area contributed by atoms with Gasteiger partial charge >= 0.3 is 6.09 Å². The van der Waals surface area contributed by atoms with Gasteiger partial charge < -0.3 is 35.8 Å². The predicted molar refractivity (Wildman–Crippen MR) is 217 cm³/mol. The molecule has 0 saturated carbocycles. The van der Waals surface area contributed by atoms with Crippen LogP contribution in [0, 0.1) is 0 Å². The van der Waals surface area contributed by atoms with Gasteiger partial charge in [0.1, 0.15) is 28.7 Å². The summed E-state index contributed by atoms with van der Waals surface area (Å²) in [5, 5.41) is 32.8. The molecule has 0 bridgehead atoms. The van der Waals surface area contributed by atoms with Crippen molar-refractivity contribution in [2.45, 2.75) is 64.1 Å². The third kappa shape index (κ3) is 9.21. The van der Waals surface area contributed by atoms with Crippen LogP contribution in [0.4, 0.5) is 16.4 Å². The number of nitrogens with one attached hydrogen (secondary N) is 3. The fraction of sp³-hybridized carbons (Fsp3) is 0.326. The number of benzene rings is 4. The lowest BCUT2D eigenvalue weighted by atomic mass is 10.1. The van der Waals surface area contributed by atoms with E-state index in [1.165, 1.54) is 0 Å². The molecule has 284 valence electrons. The van der Waals surface area contributed by atoms with E-state index in [-0.39, 0.29) is 23.6 Å². The van der Waals surface area contributed by atoms with Crippen molar-refractivity contribution in [3.8, 4) is 34.3 Å². The van der Waals surface area contributed by atoms with Crippen molar-refractivity contribution in [1.82, 2.24) is 30.2 Å². The molecule has 2 aliphatic rings. The Balaban J connectivity index is 0.000000174. The highest BCUT2D eigenvalue weighted by Gasteiger charge is 2.28. The highest BCUT2D eigenvalue weighted by atomic mass is 16.6. The fourth-order valence-electron chi connectivity index (χ4n) is 6.89. The number of carbonyl (C=O) groups excluding carboxylic acids is 1. The summed E-state index contributed by atoms with van der Waals surface area (Å²) in [6, 6.07) is 30.4. The van der Waals surface area contributed by atoms with E-state index in [0.717, 1.165) is 66.4 Å². The number of hydrogen-bond acceptors (Lipinski definition) is 11. The van der Waals surface area contributed by atoms with Crippen LogP contribution in [0.25, 0.3) is 44.6 Å². The zero-order valence-electron chi connectivity index (χ0n) is 31.5. The first kappa shape index (κ1) is 37.3. The number of piperidine rings is 2. The van der Waals surface area contributed by atoms with Gasteiger partial charge in [-0.05, 0) is 102 Å². The second-order valence-corrected chi connectivity index (χ2v) is 15.0. The second kappa shape index (κ2) is 16.6. The number of hydrogen-bond donors (Lipinski definition) is 5. The number of para-hydroxylation sites is 4. The van der Waals surface area contributed by atoms with Gasteiger partial charge in [-0.25, -0.2) is 24.7 Å². The summed E-state index contributed by atoms with van der Waals surface area (Å²) in [4.78, 5) is 33.0. The largest absolute Gasteiger partial charge is 0.507 e. The molecule has 0 spiro atoms. The van der Waals surface area contributed by atoms with Crippen LogP contribution in [0.2, 0.25) is 0 Å². The van der Waals surface area contributed by atoms with E-state index < -0.39 is 5.60 Å². The van der Waals surface area contributed by atoms with Gasteiger partial charge in [0.05, 0.1) is 22.2 Å². The van der Waals surface area contributed by atoms with Gasteiger partial charge in [-0.15, -0.1) is 0 Å². The zero-order valence-corrected chi connectivity index (χ0v) is 31.5. The van der Waals surface area contributed by atoms with Crippen LogP contribution in [0.1, 0.15) is 46.5 Å². The van der Waals surface area contributed by atoms with Gasteiger partial charge in [-0.2, -0.15) is 0 Å². The Labute approximate surface area is 321 Å². The Morgan fingerprint density at radius 1 is 0.709 bits per heavy atom. The molecule has 0 unspecified atom stereocenters. The standard InChI is InChI=1S/C24H28N4O3.C19H20N4O/c1-24(2,3)31-23(30)28-14-8-9-16(15-28)25-21-17-10-4-6-12-19(17)26-22(27-21)18-11-5-7-13-20(18)29;24-17-10-4-2-8-15(17)19-22-16-9-3-1-7-14(16)18(23-19)21-13-6-5-11-20-12-13/h4-7,10-13,16,29H,8-9,14-15H2,1-3H3,(H,25,26,27);1-4,7-10,13,20,24H,5-6,11-12H2,(H,21,22,23)/t16-;13-/m11/s1. The van der Waals surface area contributed by atoms with Gasteiger partial charge in [-0.1, -0.05) is 48.5 Å². The number of rotatable bonds is 6. The van der Waals surface area contributed by atoms with Gasteiger partial charge in [-0.3, -0.25) is 0 Å². The summed E-state index contributed by atoms with van der Waals surface area (Å²) >= 11 is 0. The van der Waals surface area contributed by atoms with Crippen molar-refractivity contribution in [3.63, 3.8) is 0 Å². The summed E-state index contributed by atoms with van der Waals surface area (Å²) in [6.45, 7) is 8.85. The molecular formula is C43H48N8O4. The molecule has 12 heteroatoms. The van der Waals surface area contributed by atoms with Crippen LogP contribution in [0.3, 0.4) is 0 Å². The molecule has 5 N–H and O–H groups in total. The summed E-state index contributed by atoms with van der Waals surface area (Å²) in [5.74, 6) is 2.85. The van der Waals surface area contributed by atoms with Gasteiger partial charge in [0.25, 0.3) is 0 Å². The van der Waals surface area contributed by atoms with Crippen molar-refractivity contribution < 1.29 is 19.7 Å². The van der Waals surface area contributed by atoms with Crippen LogP contribution in [0.15, 0.2) is 97.1 Å². The van der Waals surface area contributed by atoms with Crippen molar-refractivity contribution in [1.29, 1.82) is 0 Å². The SMILES string of the molecule is CC(C)(C)OC(=O)N1CCC[C@@H](Nc2nc(-c3ccccc3O)nc3ccccc23)C1.Oc1ccccc1-c1nc(N[C@@H]2CCCNC2)c2ccccc2n1. The Morgan fingerprint density at radius 3 is 1.75 bits per heavy atom. The lowest BCUT2D eigenvalue weighted by Crippen LogP contribution is -2.47. The van der Waals surface area contributed by atoms with E-state index in [4.69, 9.17) is 14.7 Å². The molecule has 2 aromatic heterocycles. The molecular weight excluding hydrogens is 693 g/mol. The summed E-state index contributed by atoms with van der Waals surface area (Å²) in [6.07, 6.45) is 3.79. The minimum Gasteiger partial charge on any atom is -0.507 e. The van der Waals surface area contributed by atoms with Gasteiger partial charge in [0.15, 0.2) is 11.6 Å². The number of aromatic hydroxyl groups is 2. The average molecular weight is 741 g/mol. The number of phenols is 2. The maximum atomic E-state index is 12.5. The molecule has 6 aromatic rings. The first-order valence-corrected chi connectivity index (χ1v) is 18.9. The molecule has 8 rings (SSSR count). The van der Waals surface area contributed by atoms with E-state index in [9.17, 15) is 15.0 Å². The number of nitrogens with zero attached hydrogens (tertiary/aromatic N) is 5. The van der Waals surface area contributed by atoms with Crippen LogP contribution >= 0.6 is 0 Å². The number of carbonyl (C=O) groups is 1. The Hall–Kier alpha value is -6.01. The minimum absolute atomic E-state index is 0.0387. The number of anilines is 2. The second-order valence-electron chi connectivity index (χ2n) is 15.0. The predicted octanol–water partition coefficient (Wildman–Crippen LogP) is 7.98. The van der Waals surface area contributed by atoms with E-state index in [1.54, 1.807) is 35.2 Å². The third-order valence-corrected chi connectivity index (χ3v) is 9.55. The number of likely N-dealkylation sites (tertiary alicyclic amines) is 1. The first-order valence-electron chi connectivity index (χ1n) is 18.9. The van der Waals surface area contributed by atoms with Gasteiger partial charge in [0, 0.05) is 42.5 Å². The molecule has 12 nitrogen and oxygen atoms in total. The lowest BCUT2D eigenvalue weighted by molar-refractivity contribution is 0.0206. The maximum Gasteiger partial charge on any atom is 0.410 e. The van der Waals surface area contributed by atoms with Gasteiger partial charge in [0.2, 0.25) is 0 Å². The van der Waals surface area contributed by atoms with Crippen LogP contribution < -0.4 is 16.0 Å². The zero-order chi connectivity index (χ0) is 38.4. The number of ether oxygens (including phenoxy) is 1. The quantitative estimate of drug-likeness (QED) is 0.113. The molecule has 55 heavy (non-hydrogen) atoms. The van der Waals surface area contributed by atoms with E-state index in [1.807, 2.05) is 87.5 Å². The van der Waals surface area contributed by atoms with Crippen molar-refractivity contribution in [2.24, 2.45) is 0 Å². The maximum absolute atomic E-state index is 12.5. The molecule has 2 fully saturated rings. The number of aromatic nitrogens is 4. The molecule has 4 aromatic carbocycles. The summed E-state index contributed by atoms with van der Waals surface area (Å²) in [7, 11) is 0.